The number of hydrogen-bond acceptors (Lipinski definition) is 4. The van der Waals surface area contributed by atoms with Gasteiger partial charge in [-0.1, -0.05) is 78.9 Å². The first-order chi connectivity index (χ1) is 19.6. The van der Waals surface area contributed by atoms with Gasteiger partial charge in [-0.25, -0.2) is 8.42 Å². The lowest BCUT2D eigenvalue weighted by Crippen LogP contribution is -2.53. The smallest absolute Gasteiger partial charge is 0.264 e. The minimum Gasteiger partial charge on any atom is -0.352 e. The van der Waals surface area contributed by atoms with Gasteiger partial charge in [0.25, 0.3) is 10.0 Å². The molecule has 3 aromatic rings. The van der Waals surface area contributed by atoms with Crippen LogP contribution in [0.1, 0.15) is 50.2 Å². The van der Waals surface area contributed by atoms with E-state index < -0.39 is 28.5 Å². The summed E-state index contributed by atoms with van der Waals surface area (Å²) >= 11 is 12.4. The van der Waals surface area contributed by atoms with Crippen molar-refractivity contribution in [1.82, 2.24) is 10.2 Å². The third-order valence-electron chi connectivity index (χ3n) is 7.36. The summed E-state index contributed by atoms with van der Waals surface area (Å²) in [6, 6.07) is 19.2. The zero-order chi connectivity index (χ0) is 29.6. The molecular weight excluding hydrogens is 581 g/mol. The average Bonchev–Trinajstić information content (AvgIpc) is 2.96. The van der Waals surface area contributed by atoms with Crippen molar-refractivity contribution in [2.75, 3.05) is 10.8 Å². The topological polar surface area (TPSA) is 86.8 Å². The third kappa shape index (κ3) is 7.82. The number of carbonyl (C=O) groups is 2. The molecule has 0 bridgehead atoms. The van der Waals surface area contributed by atoms with Crippen LogP contribution in [0.15, 0.2) is 77.7 Å². The number of rotatable bonds is 10. The van der Waals surface area contributed by atoms with Gasteiger partial charge in [-0.3, -0.25) is 13.9 Å². The molecule has 1 aliphatic rings. The molecule has 0 spiro atoms. The minimum atomic E-state index is -4.11. The van der Waals surface area contributed by atoms with Gasteiger partial charge >= 0.3 is 0 Å². The van der Waals surface area contributed by atoms with E-state index in [0.717, 1.165) is 42.0 Å². The monoisotopic (exact) mass is 615 g/mol. The molecule has 2 amide bonds. The third-order valence-corrected chi connectivity index (χ3v) is 9.88. The van der Waals surface area contributed by atoms with Crippen LogP contribution in [0.2, 0.25) is 10.0 Å². The zero-order valence-electron chi connectivity index (χ0n) is 23.2. The number of aryl methyl sites for hydroxylation is 1. The molecule has 1 aliphatic carbocycles. The Balaban J connectivity index is 1.68. The fourth-order valence-corrected chi connectivity index (χ4v) is 6.77. The number of halogens is 2. The number of anilines is 1. The highest BCUT2D eigenvalue weighted by Gasteiger charge is 2.33. The Kier molecular flexibility index (Phi) is 10.3. The van der Waals surface area contributed by atoms with Gasteiger partial charge in [0.05, 0.1) is 20.6 Å². The number of benzene rings is 3. The van der Waals surface area contributed by atoms with Crippen molar-refractivity contribution in [3.8, 4) is 0 Å². The number of nitrogens with zero attached hydrogens (tertiary/aromatic N) is 2. The first-order valence-corrected chi connectivity index (χ1v) is 15.9. The van der Waals surface area contributed by atoms with E-state index in [9.17, 15) is 18.0 Å². The van der Waals surface area contributed by atoms with Crippen LogP contribution in [0, 0.1) is 6.92 Å². The molecule has 7 nitrogen and oxygen atoms in total. The highest BCUT2D eigenvalue weighted by molar-refractivity contribution is 7.92. The van der Waals surface area contributed by atoms with Gasteiger partial charge in [-0.2, -0.15) is 0 Å². The molecule has 0 unspecified atom stereocenters. The molecule has 218 valence electrons. The predicted octanol–water partition coefficient (Wildman–Crippen LogP) is 6.36. The summed E-state index contributed by atoms with van der Waals surface area (Å²) in [5, 5.41) is 3.79. The zero-order valence-corrected chi connectivity index (χ0v) is 25.6. The maximum Gasteiger partial charge on any atom is 0.264 e. The second kappa shape index (κ2) is 13.7. The van der Waals surface area contributed by atoms with Gasteiger partial charge in [0.2, 0.25) is 11.8 Å². The summed E-state index contributed by atoms with van der Waals surface area (Å²) in [6.45, 7) is 3.06. The summed E-state index contributed by atoms with van der Waals surface area (Å²) in [7, 11) is -4.11. The fourth-order valence-electron chi connectivity index (χ4n) is 5.02. The Hall–Kier alpha value is -3.07. The van der Waals surface area contributed by atoms with E-state index in [2.05, 4.69) is 5.32 Å². The molecule has 3 aromatic carbocycles. The Bertz CT molecular complexity index is 1480. The van der Waals surface area contributed by atoms with Gasteiger partial charge in [-0.15, -0.1) is 0 Å². The predicted molar refractivity (Wildman–Crippen MR) is 164 cm³/mol. The largest absolute Gasteiger partial charge is 0.352 e. The van der Waals surface area contributed by atoms with Crippen LogP contribution >= 0.6 is 23.2 Å². The summed E-state index contributed by atoms with van der Waals surface area (Å²) in [5.41, 5.74) is 1.87. The number of amides is 2. The van der Waals surface area contributed by atoms with Gasteiger partial charge < -0.3 is 10.2 Å². The van der Waals surface area contributed by atoms with Crippen LogP contribution in [-0.2, 0) is 26.2 Å². The minimum absolute atomic E-state index is 0.0437. The molecule has 0 radical (unpaired) electrons. The summed E-state index contributed by atoms with van der Waals surface area (Å²) in [5.74, 6) is -0.804. The maximum absolute atomic E-state index is 14.1. The summed E-state index contributed by atoms with van der Waals surface area (Å²) in [4.78, 5) is 28.9. The van der Waals surface area contributed by atoms with Crippen molar-refractivity contribution >= 4 is 50.7 Å². The van der Waals surface area contributed by atoms with E-state index in [1.807, 2.05) is 13.0 Å². The van der Waals surface area contributed by atoms with Crippen molar-refractivity contribution in [2.24, 2.45) is 0 Å². The van der Waals surface area contributed by atoms with Crippen LogP contribution in [0.3, 0.4) is 0 Å². The lowest BCUT2D eigenvalue weighted by molar-refractivity contribution is -0.139. The molecule has 1 fully saturated rings. The van der Waals surface area contributed by atoms with Gasteiger partial charge in [0.1, 0.15) is 12.6 Å². The number of nitrogens with one attached hydrogen (secondary N) is 1. The normalized spacial score (nSPS) is 14.7. The van der Waals surface area contributed by atoms with Crippen LogP contribution in [0.5, 0.6) is 0 Å². The van der Waals surface area contributed by atoms with Crippen LogP contribution < -0.4 is 9.62 Å². The fraction of sp³-hybridized carbons (Fsp3) is 0.355. The first-order valence-electron chi connectivity index (χ1n) is 13.7. The number of hydrogen-bond donors (Lipinski definition) is 1. The first kappa shape index (κ1) is 30.9. The van der Waals surface area contributed by atoms with Crippen molar-refractivity contribution in [3.05, 3.63) is 94.0 Å². The molecule has 4 rings (SSSR count). The van der Waals surface area contributed by atoms with Crippen LogP contribution in [-0.4, -0.2) is 43.8 Å². The van der Waals surface area contributed by atoms with Gasteiger partial charge in [0, 0.05) is 12.6 Å². The van der Waals surface area contributed by atoms with Gasteiger partial charge in [-0.05, 0) is 74.2 Å². The van der Waals surface area contributed by atoms with E-state index in [-0.39, 0.29) is 23.4 Å². The molecule has 1 N–H and O–H groups in total. The molecule has 0 heterocycles. The average molecular weight is 617 g/mol. The second-order valence-corrected chi connectivity index (χ2v) is 13.1. The number of carbonyl (C=O) groups excluding carboxylic acids is 2. The van der Waals surface area contributed by atoms with Crippen molar-refractivity contribution < 1.29 is 18.0 Å². The molecule has 1 saturated carbocycles. The van der Waals surface area contributed by atoms with Gasteiger partial charge in [0.15, 0.2) is 0 Å². The van der Waals surface area contributed by atoms with Crippen molar-refractivity contribution in [2.45, 2.75) is 69.5 Å². The second-order valence-electron chi connectivity index (χ2n) is 10.5. The van der Waals surface area contributed by atoms with Crippen molar-refractivity contribution in [1.29, 1.82) is 0 Å². The quantitative estimate of drug-likeness (QED) is 0.287. The molecule has 1 atom stereocenters. The molecule has 0 saturated heterocycles. The highest BCUT2D eigenvalue weighted by Crippen LogP contribution is 2.27. The molecule has 0 aliphatic heterocycles. The Morgan fingerprint density at radius 3 is 2.29 bits per heavy atom. The van der Waals surface area contributed by atoms with E-state index in [0.29, 0.717) is 21.3 Å². The maximum atomic E-state index is 14.1. The Labute approximate surface area is 252 Å². The van der Waals surface area contributed by atoms with Crippen LogP contribution in [0.4, 0.5) is 5.69 Å². The number of sulfonamides is 1. The van der Waals surface area contributed by atoms with E-state index in [1.54, 1.807) is 61.5 Å². The van der Waals surface area contributed by atoms with E-state index in [4.69, 9.17) is 23.2 Å². The summed E-state index contributed by atoms with van der Waals surface area (Å²) in [6.07, 6.45) is 5.04. The van der Waals surface area contributed by atoms with Crippen LogP contribution in [0.25, 0.3) is 0 Å². The lowest BCUT2D eigenvalue weighted by Gasteiger charge is -2.33. The summed E-state index contributed by atoms with van der Waals surface area (Å²) < 4.78 is 28.8. The molecule has 10 heteroatoms. The van der Waals surface area contributed by atoms with E-state index in [1.165, 1.54) is 17.0 Å². The molecule has 41 heavy (non-hydrogen) atoms. The Morgan fingerprint density at radius 2 is 1.63 bits per heavy atom. The Morgan fingerprint density at radius 1 is 0.927 bits per heavy atom. The van der Waals surface area contributed by atoms with Crippen molar-refractivity contribution in [3.63, 3.8) is 0 Å². The molecular formula is C31H35Cl2N3O4S. The lowest BCUT2D eigenvalue weighted by atomic mass is 9.95. The SMILES string of the molecule is Cc1cccc(N(CC(=O)N(Cc2ccc(Cl)c(Cl)c2)[C@H](C)C(=O)NC2CCCCC2)S(=O)(=O)c2ccccc2)c1. The van der Waals surface area contributed by atoms with E-state index >= 15 is 0 Å². The molecule has 0 aromatic heterocycles. The highest BCUT2D eigenvalue weighted by atomic mass is 35.5. The standard InChI is InChI=1S/C31H35Cl2N3O4S/c1-22-10-9-13-26(18-22)36(41(39,40)27-14-7-4-8-15-27)21-30(37)35(20-24-16-17-28(32)29(33)19-24)23(2)31(38)34-25-11-5-3-6-12-25/h4,7-10,13-19,23,25H,3,5-6,11-12,20-21H2,1-2H3,(H,34,38)/t23-/m1/s1.